The molecule has 0 bridgehead atoms. The molecule has 1 amide bonds. The Morgan fingerprint density at radius 2 is 1.64 bits per heavy atom. The summed E-state index contributed by atoms with van der Waals surface area (Å²) in [7, 11) is 0. The van der Waals surface area contributed by atoms with Gasteiger partial charge in [0.2, 0.25) is 18.3 Å². The fourth-order valence-corrected chi connectivity index (χ4v) is 2.26. The summed E-state index contributed by atoms with van der Waals surface area (Å²) in [5.41, 5.74) is 5.38. The third-order valence-corrected chi connectivity index (χ3v) is 3.28. The molecule has 11 nitrogen and oxygen atoms in total. The lowest BCUT2D eigenvalue weighted by Gasteiger charge is -2.22. The van der Waals surface area contributed by atoms with E-state index in [1.165, 1.54) is 13.1 Å². The number of esters is 3. The number of aliphatic hydroxyl groups excluding tert-OH is 1. The fraction of sp³-hybridized carbons (Fsp3) is 0.471. The highest BCUT2D eigenvalue weighted by molar-refractivity contribution is 5.92. The van der Waals surface area contributed by atoms with Crippen LogP contribution in [0.4, 0.5) is 0 Å². The molecule has 0 aliphatic carbocycles. The fourth-order valence-electron chi connectivity index (χ4n) is 2.26. The Hall–Kier alpha value is -3.05. The summed E-state index contributed by atoms with van der Waals surface area (Å²) in [5.74, 6) is -2.38. The van der Waals surface area contributed by atoms with Crippen molar-refractivity contribution in [3.05, 3.63) is 30.1 Å². The van der Waals surface area contributed by atoms with Gasteiger partial charge in [-0.25, -0.2) is 0 Å². The largest absolute Gasteiger partial charge is 0.455 e. The van der Waals surface area contributed by atoms with E-state index in [2.05, 4.69) is 4.98 Å². The van der Waals surface area contributed by atoms with Crippen molar-refractivity contribution in [2.75, 3.05) is 6.61 Å². The van der Waals surface area contributed by atoms with Gasteiger partial charge in [0.15, 0.2) is 6.10 Å². The molecule has 2 rings (SSSR count). The second kappa shape index (κ2) is 10.9. The number of carbonyl (C=O) groups is 4. The second-order valence-corrected chi connectivity index (χ2v) is 5.59. The number of nitrogens with two attached hydrogens (primary N) is 1. The Morgan fingerprint density at radius 1 is 1.07 bits per heavy atom. The van der Waals surface area contributed by atoms with Gasteiger partial charge < -0.3 is 29.8 Å². The van der Waals surface area contributed by atoms with Crippen LogP contribution in [0.1, 0.15) is 31.1 Å². The summed E-state index contributed by atoms with van der Waals surface area (Å²) < 4.78 is 19.9. The van der Waals surface area contributed by atoms with Gasteiger partial charge in [0.1, 0.15) is 6.10 Å². The zero-order valence-electron chi connectivity index (χ0n) is 15.6. The van der Waals surface area contributed by atoms with Crippen molar-refractivity contribution in [3.8, 4) is 0 Å². The van der Waals surface area contributed by atoms with Gasteiger partial charge in [-0.3, -0.25) is 24.2 Å². The van der Waals surface area contributed by atoms with E-state index in [1.54, 1.807) is 18.3 Å². The third-order valence-electron chi connectivity index (χ3n) is 3.28. The molecule has 0 spiro atoms. The first-order valence-corrected chi connectivity index (χ1v) is 8.13. The number of aromatic nitrogens is 1. The Morgan fingerprint density at radius 3 is 2.04 bits per heavy atom. The Balaban J connectivity index is 0.000000362. The summed E-state index contributed by atoms with van der Waals surface area (Å²) in [6, 6.07) is 3.29. The van der Waals surface area contributed by atoms with E-state index in [0.29, 0.717) is 5.56 Å². The minimum absolute atomic E-state index is 0.442. The number of hydrogen-bond acceptors (Lipinski definition) is 10. The van der Waals surface area contributed by atoms with Crippen LogP contribution in [0.25, 0.3) is 0 Å². The van der Waals surface area contributed by atoms with Crippen molar-refractivity contribution in [2.24, 2.45) is 5.73 Å². The number of rotatable bonds is 5. The number of aliphatic hydroxyl groups is 1. The van der Waals surface area contributed by atoms with Gasteiger partial charge in [0.05, 0.1) is 12.2 Å². The minimum Gasteiger partial charge on any atom is -0.455 e. The smallest absolute Gasteiger partial charge is 0.305 e. The molecule has 1 fully saturated rings. The predicted molar refractivity (Wildman–Crippen MR) is 91.4 cm³/mol. The highest BCUT2D eigenvalue weighted by Gasteiger charge is 2.50. The SMILES string of the molecule is CC(=O)OC1O[C@H](CO)[C@@H](OC(C)=O)[C@H]1OC(C)=O.NC(=O)c1cccnc1. The van der Waals surface area contributed by atoms with Crippen LogP contribution in [0.2, 0.25) is 0 Å². The zero-order chi connectivity index (χ0) is 21.3. The van der Waals surface area contributed by atoms with Crippen LogP contribution in [0.5, 0.6) is 0 Å². The molecule has 3 N–H and O–H groups in total. The number of pyridine rings is 1. The summed E-state index contributed by atoms with van der Waals surface area (Å²) in [6.07, 6.45) is -1.27. The van der Waals surface area contributed by atoms with Crippen LogP contribution in [0, 0.1) is 0 Å². The third kappa shape index (κ3) is 7.29. The minimum atomic E-state index is -1.22. The second-order valence-electron chi connectivity index (χ2n) is 5.59. The zero-order valence-corrected chi connectivity index (χ0v) is 15.6. The van der Waals surface area contributed by atoms with Crippen LogP contribution in [-0.2, 0) is 33.3 Å². The lowest BCUT2D eigenvalue weighted by molar-refractivity contribution is -0.196. The monoisotopic (exact) mass is 398 g/mol. The molecule has 0 saturated carbocycles. The average Bonchev–Trinajstić information content (AvgIpc) is 2.91. The molecule has 0 aromatic carbocycles. The van der Waals surface area contributed by atoms with Gasteiger partial charge in [-0.1, -0.05) is 0 Å². The standard InChI is InChI=1S/C11H16O8.C6H6N2O/c1-5(13)16-9-8(4-12)19-11(18-7(3)15)10(9)17-6(2)14;7-6(9)5-2-1-3-8-4-5/h8-12H,4H2,1-3H3;1-4H,(H2,7,9)/t8-,9-,10-,11?;/m1./s1. The molecule has 11 heteroatoms. The first-order valence-electron chi connectivity index (χ1n) is 8.13. The van der Waals surface area contributed by atoms with E-state index >= 15 is 0 Å². The first kappa shape index (κ1) is 23.0. The number of primary amides is 1. The van der Waals surface area contributed by atoms with Crippen molar-refractivity contribution < 1.29 is 43.2 Å². The average molecular weight is 398 g/mol. The van der Waals surface area contributed by atoms with E-state index in [4.69, 9.17) is 29.8 Å². The summed E-state index contributed by atoms with van der Waals surface area (Å²) in [5, 5.41) is 9.16. The maximum Gasteiger partial charge on any atom is 0.305 e. The quantitative estimate of drug-likeness (QED) is 0.479. The molecule has 28 heavy (non-hydrogen) atoms. The Bertz CT molecular complexity index is 695. The van der Waals surface area contributed by atoms with Crippen LogP contribution >= 0.6 is 0 Å². The van der Waals surface area contributed by atoms with Gasteiger partial charge in [0.25, 0.3) is 0 Å². The van der Waals surface area contributed by atoms with E-state index in [0.717, 1.165) is 13.8 Å². The topological polar surface area (TPSA) is 164 Å². The highest BCUT2D eigenvalue weighted by Crippen LogP contribution is 2.27. The van der Waals surface area contributed by atoms with Crippen LogP contribution in [0.3, 0.4) is 0 Å². The molecule has 1 aromatic rings. The number of amides is 1. The molecule has 1 aliphatic heterocycles. The highest BCUT2D eigenvalue weighted by atomic mass is 16.7. The van der Waals surface area contributed by atoms with Crippen molar-refractivity contribution in [2.45, 2.75) is 45.4 Å². The molecule has 1 aliphatic rings. The van der Waals surface area contributed by atoms with Crippen LogP contribution in [-0.4, -0.2) is 65.1 Å². The molecular formula is C17H22N2O9. The summed E-state index contributed by atoms with van der Waals surface area (Å²) >= 11 is 0. The molecule has 1 aromatic heterocycles. The van der Waals surface area contributed by atoms with E-state index in [1.807, 2.05) is 0 Å². The Kier molecular flexibility index (Phi) is 8.99. The lowest BCUT2D eigenvalue weighted by atomic mass is 10.1. The Labute approximate surface area is 160 Å². The van der Waals surface area contributed by atoms with Gasteiger partial charge >= 0.3 is 17.9 Å². The molecule has 2 heterocycles. The molecular weight excluding hydrogens is 376 g/mol. The van der Waals surface area contributed by atoms with E-state index in [-0.39, 0.29) is 0 Å². The molecule has 0 radical (unpaired) electrons. The maximum absolute atomic E-state index is 11.0. The number of ether oxygens (including phenoxy) is 4. The number of hydrogen-bond donors (Lipinski definition) is 2. The van der Waals surface area contributed by atoms with Crippen LogP contribution in [0.15, 0.2) is 24.5 Å². The van der Waals surface area contributed by atoms with Gasteiger partial charge in [-0.15, -0.1) is 0 Å². The van der Waals surface area contributed by atoms with E-state index < -0.39 is 55.0 Å². The van der Waals surface area contributed by atoms with Crippen LogP contribution < -0.4 is 5.73 Å². The molecule has 1 unspecified atom stereocenters. The maximum atomic E-state index is 11.0. The van der Waals surface area contributed by atoms with Crippen molar-refractivity contribution in [1.82, 2.24) is 4.98 Å². The van der Waals surface area contributed by atoms with Crippen molar-refractivity contribution >= 4 is 23.8 Å². The summed E-state index contributed by atoms with van der Waals surface area (Å²) in [6.45, 7) is 3.00. The van der Waals surface area contributed by atoms with Gasteiger partial charge in [-0.05, 0) is 12.1 Å². The van der Waals surface area contributed by atoms with Crippen molar-refractivity contribution in [3.63, 3.8) is 0 Å². The van der Waals surface area contributed by atoms with Crippen molar-refractivity contribution in [1.29, 1.82) is 0 Å². The predicted octanol–water partition coefficient (Wildman–Crippen LogP) is -0.689. The number of carbonyl (C=O) groups excluding carboxylic acids is 4. The molecule has 1 saturated heterocycles. The van der Waals surface area contributed by atoms with Gasteiger partial charge in [-0.2, -0.15) is 0 Å². The van der Waals surface area contributed by atoms with E-state index in [9.17, 15) is 19.2 Å². The first-order chi connectivity index (χ1) is 13.1. The summed E-state index contributed by atoms with van der Waals surface area (Å²) in [4.78, 5) is 47.1. The lowest BCUT2D eigenvalue weighted by Crippen LogP contribution is -2.41. The molecule has 154 valence electrons. The molecule has 4 atom stereocenters. The van der Waals surface area contributed by atoms with Gasteiger partial charge in [0, 0.05) is 33.2 Å². The normalized spacial score (nSPS) is 23.0. The number of nitrogens with zero attached hydrogens (tertiary/aromatic N) is 1.